The lowest BCUT2D eigenvalue weighted by Crippen LogP contribution is -2.20. The Morgan fingerprint density at radius 1 is 1.50 bits per heavy atom. The predicted molar refractivity (Wildman–Crippen MR) is 74.1 cm³/mol. The number of nitrogens with two attached hydrogens (primary N) is 1. The summed E-state index contributed by atoms with van der Waals surface area (Å²) in [5.74, 6) is 0. The Kier molecular flexibility index (Phi) is 2.45. The van der Waals surface area contributed by atoms with E-state index in [4.69, 9.17) is 17.3 Å². The minimum Gasteiger partial charge on any atom is -0.375 e. The summed E-state index contributed by atoms with van der Waals surface area (Å²) in [6.45, 7) is 0. The molecule has 7 heteroatoms. The number of aromatic nitrogens is 1. The van der Waals surface area contributed by atoms with E-state index in [1.54, 1.807) is 6.08 Å². The molecule has 1 heterocycles. The molecule has 0 amide bonds. The van der Waals surface area contributed by atoms with Crippen molar-refractivity contribution in [2.75, 3.05) is 12.0 Å². The quantitative estimate of drug-likeness (QED) is 0.819. The third kappa shape index (κ3) is 1.64. The number of allylic oxidation sites excluding steroid dienone is 3. The topological polar surface area (TPSA) is 73.0 Å². The number of thiazole rings is 1. The number of sulfone groups is 1. The summed E-state index contributed by atoms with van der Waals surface area (Å²) in [7, 11) is -3.36. The summed E-state index contributed by atoms with van der Waals surface area (Å²) in [6.07, 6.45) is 5.26. The zero-order valence-electron chi connectivity index (χ0n) is 9.40. The zero-order chi connectivity index (χ0) is 13.1. The Balaban J connectivity index is 2.42. The van der Waals surface area contributed by atoms with E-state index in [1.165, 1.54) is 11.3 Å². The fourth-order valence-electron chi connectivity index (χ4n) is 2.21. The van der Waals surface area contributed by atoms with Crippen LogP contribution in [0.3, 0.4) is 0 Å². The fourth-order valence-corrected chi connectivity index (χ4v) is 4.63. The van der Waals surface area contributed by atoms with Crippen molar-refractivity contribution in [2.45, 2.75) is 6.42 Å². The summed E-state index contributed by atoms with van der Waals surface area (Å²) < 4.78 is 24.5. The van der Waals surface area contributed by atoms with Crippen LogP contribution in [0.2, 0.25) is 0 Å². The van der Waals surface area contributed by atoms with Gasteiger partial charge in [-0.25, -0.2) is 13.4 Å². The van der Waals surface area contributed by atoms with Crippen LogP contribution in [-0.2, 0) is 9.84 Å². The van der Waals surface area contributed by atoms with Gasteiger partial charge in [-0.1, -0.05) is 29.0 Å². The molecule has 0 radical (unpaired) electrons. The molecular formula is C11H9ClN2O2S2. The molecule has 0 aromatic carbocycles. The van der Waals surface area contributed by atoms with Gasteiger partial charge in [0.05, 0.1) is 19.8 Å². The van der Waals surface area contributed by atoms with Crippen molar-refractivity contribution in [1.82, 2.24) is 4.98 Å². The van der Waals surface area contributed by atoms with Crippen LogP contribution in [0.5, 0.6) is 0 Å². The number of anilines is 1. The molecule has 0 atom stereocenters. The molecule has 0 spiro atoms. The first-order chi connectivity index (χ1) is 8.38. The van der Waals surface area contributed by atoms with Crippen LogP contribution in [0, 0.1) is 0 Å². The molecule has 4 nitrogen and oxygen atoms in total. The lowest BCUT2D eigenvalue weighted by molar-refractivity contribution is 0.608. The highest BCUT2D eigenvalue weighted by Gasteiger charge is 2.28. The molecule has 2 aliphatic rings. The van der Waals surface area contributed by atoms with E-state index in [-0.39, 0.29) is 9.94 Å². The van der Waals surface area contributed by atoms with Gasteiger partial charge < -0.3 is 5.73 Å². The van der Waals surface area contributed by atoms with Gasteiger partial charge in [-0.15, -0.1) is 0 Å². The lowest BCUT2D eigenvalue weighted by atomic mass is 10.0. The van der Waals surface area contributed by atoms with Gasteiger partial charge in [-0.05, 0) is 18.1 Å². The number of hydrogen-bond donors (Lipinski definition) is 1. The van der Waals surface area contributed by atoms with E-state index in [0.717, 1.165) is 21.7 Å². The second-order valence-corrected chi connectivity index (χ2v) is 7.58. The smallest absolute Gasteiger partial charge is 0.181 e. The first-order valence-corrected chi connectivity index (χ1v) is 8.24. The molecule has 0 saturated carbocycles. The van der Waals surface area contributed by atoms with Crippen LogP contribution in [0.25, 0.3) is 11.6 Å². The number of rotatable bonds is 1. The van der Waals surface area contributed by atoms with Crippen molar-refractivity contribution in [3.8, 4) is 0 Å². The number of halogens is 1. The molecule has 0 bridgehead atoms. The average molecular weight is 301 g/mol. The molecule has 1 aromatic heterocycles. The molecule has 0 aliphatic heterocycles. The maximum Gasteiger partial charge on any atom is 0.181 e. The third-order valence-electron chi connectivity index (χ3n) is 2.87. The Labute approximate surface area is 113 Å². The molecule has 2 aliphatic carbocycles. The van der Waals surface area contributed by atoms with Crippen molar-refractivity contribution in [1.29, 1.82) is 0 Å². The molecule has 0 unspecified atom stereocenters. The monoisotopic (exact) mass is 300 g/mol. The van der Waals surface area contributed by atoms with E-state index in [2.05, 4.69) is 4.98 Å². The van der Waals surface area contributed by atoms with Crippen LogP contribution in [-0.4, -0.2) is 19.7 Å². The van der Waals surface area contributed by atoms with Gasteiger partial charge in [0, 0.05) is 11.8 Å². The maximum absolute atomic E-state index is 11.8. The summed E-state index contributed by atoms with van der Waals surface area (Å²) in [5, 5.41) is 1.56. The van der Waals surface area contributed by atoms with E-state index >= 15 is 0 Å². The number of nitrogen functional groups attached to an aromatic ring is 1. The summed E-state index contributed by atoms with van der Waals surface area (Å²) in [6, 6.07) is 0. The Bertz CT molecular complexity index is 844. The summed E-state index contributed by atoms with van der Waals surface area (Å²) >= 11 is 7.38. The van der Waals surface area contributed by atoms with Gasteiger partial charge in [-0.2, -0.15) is 0 Å². The van der Waals surface area contributed by atoms with Gasteiger partial charge in [0.15, 0.2) is 15.0 Å². The SMILES string of the molecule is CS(=O)(=O)C1=C2C=c3sc(N)nc3=C2CC=C1Cl. The van der Waals surface area contributed by atoms with Crippen molar-refractivity contribution in [3.63, 3.8) is 0 Å². The highest BCUT2D eigenvalue weighted by Crippen LogP contribution is 2.36. The van der Waals surface area contributed by atoms with Crippen molar-refractivity contribution in [3.05, 3.63) is 31.5 Å². The van der Waals surface area contributed by atoms with Crippen molar-refractivity contribution in [2.24, 2.45) is 0 Å². The average Bonchev–Trinajstić information content (AvgIpc) is 2.70. The largest absolute Gasteiger partial charge is 0.375 e. The summed E-state index contributed by atoms with van der Waals surface area (Å²) in [5.41, 5.74) is 7.21. The third-order valence-corrected chi connectivity index (χ3v) is 5.34. The van der Waals surface area contributed by atoms with Gasteiger partial charge >= 0.3 is 0 Å². The second-order valence-electron chi connectivity index (χ2n) is 4.16. The minimum atomic E-state index is -3.36. The highest BCUT2D eigenvalue weighted by molar-refractivity contribution is 7.95. The Morgan fingerprint density at radius 3 is 2.89 bits per heavy atom. The molecule has 2 N–H and O–H groups in total. The maximum atomic E-state index is 11.8. The van der Waals surface area contributed by atoms with Crippen molar-refractivity contribution < 1.29 is 8.42 Å². The molecule has 0 saturated heterocycles. The standard InChI is InChI=1S/C11H9ClN2O2S2/c1-18(15,16)10-6-4-8-9(14-11(13)17-8)5(6)2-3-7(10)12/h3-4H,2H2,1H3,(H2,13,14). The number of nitrogens with zero attached hydrogens (tertiary/aromatic N) is 1. The molecule has 94 valence electrons. The molecule has 0 fully saturated rings. The molecule has 1 aromatic rings. The van der Waals surface area contributed by atoms with Crippen LogP contribution in [0.1, 0.15) is 6.42 Å². The molecule has 3 rings (SSSR count). The van der Waals surface area contributed by atoms with Gasteiger partial charge in [0.25, 0.3) is 0 Å². The first-order valence-electron chi connectivity index (χ1n) is 5.16. The van der Waals surface area contributed by atoms with Crippen molar-refractivity contribution >= 4 is 49.6 Å². The van der Waals surface area contributed by atoms with Gasteiger partial charge in [0.1, 0.15) is 0 Å². The zero-order valence-corrected chi connectivity index (χ0v) is 11.8. The van der Waals surface area contributed by atoms with E-state index < -0.39 is 9.84 Å². The molecular weight excluding hydrogens is 292 g/mol. The highest BCUT2D eigenvalue weighted by atomic mass is 35.5. The van der Waals surface area contributed by atoms with E-state index in [1.807, 2.05) is 6.08 Å². The van der Waals surface area contributed by atoms with Crippen LogP contribution >= 0.6 is 22.9 Å². The fraction of sp³-hybridized carbons (Fsp3) is 0.182. The number of fused-ring (bicyclic) bond motifs is 2. The first kappa shape index (κ1) is 12.0. The molecule has 18 heavy (non-hydrogen) atoms. The predicted octanol–water partition coefficient (Wildman–Crippen LogP) is 0.495. The summed E-state index contributed by atoms with van der Waals surface area (Å²) in [4.78, 5) is 4.43. The van der Waals surface area contributed by atoms with Crippen LogP contribution in [0.15, 0.2) is 21.6 Å². The van der Waals surface area contributed by atoms with E-state index in [9.17, 15) is 8.42 Å². The number of hydrogen-bond acceptors (Lipinski definition) is 5. The van der Waals surface area contributed by atoms with Crippen LogP contribution < -0.4 is 15.6 Å². The lowest BCUT2D eigenvalue weighted by Gasteiger charge is -2.15. The van der Waals surface area contributed by atoms with Crippen LogP contribution in [0.4, 0.5) is 5.13 Å². The van der Waals surface area contributed by atoms with Gasteiger partial charge in [-0.3, -0.25) is 0 Å². The Hall–Kier alpha value is -1.11. The second kappa shape index (κ2) is 3.69. The minimum absolute atomic E-state index is 0.189. The Morgan fingerprint density at radius 2 is 2.22 bits per heavy atom. The normalized spacial score (nSPS) is 18.3. The van der Waals surface area contributed by atoms with E-state index in [0.29, 0.717) is 17.1 Å². The van der Waals surface area contributed by atoms with Gasteiger partial charge in [0.2, 0.25) is 0 Å².